The van der Waals surface area contributed by atoms with Crippen LogP contribution in [0.3, 0.4) is 0 Å². The summed E-state index contributed by atoms with van der Waals surface area (Å²) in [6.07, 6.45) is 1.59. The number of hydrogen-bond donors (Lipinski definition) is 0. The Hall–Kier alpha value is -1.76. The van der Waals surface area contributed by atoms with E-state index in [0.717, 1.165) is 5.01 Å². The van der Waals surface area contributed by atoms with Gasteiger partial charge in [-0.25, -0.2) is 4.79 Å². The molecule has 6 nitrogen and oxygen atoms in total. The zero-order valence-corrected chi connectivity index (χ0v) is 9.91. The van der Waals surface area contributed by atoms with E-state index >= 15 is 0 Å². The van der Waals surface area contributed by atoms with Crippen molar-refractivity contribution in [1.29, 1.82) is 0 Å². The Kier molecular flexibility index (Phi) is 2.69. The van der Waals surface area contributed by atoms with Gasteiger partial charge < -0.3 is 4.74 Å². The first-order chi connectivity index (χ1) is 7.63. The van der Waals surface area contributed by atoms with Crippen molar-refractivity contribution in [2.75, 3.05) is 7.11 Å². The summed E-state index contributed by atoms with van der Waals surface area (Å²) < 4.78 is 6.17. The summed E-state index contributed by atoms with van der Waals surface area (Å²) in [6, 6.07) is 0. The van der Waals surface area contributed by atoms with Gasteiger partial charge >= 0.3 is 5.97 Å². The number of rotatable bonds is 2. The highest BCUT2D eigenvalue weighted by Crippen LogP contribution is 2.26. The number of carbonyl (C=O) groups is 1. The van der Waals surface area contributed by atoms with Crippen molar-refractivity contribution in [1.82, 2.24) is 20.0 Å². The van der Waals surface area contributed by atoms with Gasteiger partial charge in [-0.3, -0.25) is 4.68 Å². The Balaban J connectivity index is 2.53. The van der Waals surface area contributed by atoms with Crippen molar-refractivity contribution in [3.05, 3.63) is 16.9 Å². The number of aromatic nitrogens is 4. The van der Waals surface area contributed by atoms with E-state index in [9.17, 15) is 4.79 Å². The predicted molar refractivity (Wildman–Crippen MR) is 58.2 cm³/mol. The molecule has 2 aromatic heterocycles. The topological polar surface area (TPSA) is 69.9 Å². The van der Waals surface area contributed by atoms with E-state index in [-0.39, 0.29) is 0 Å². The summed E-state index contributed by atoms with van der Waals surface area (Å²) in [5.41, 5.74) is 1.04. The van der Waals surface area contributed by atoms with Gasteiger partial charge in [-0.15, -0.1) is 10.2 Å². The molecule has 0 saturated carbocycles. The molecular weight excluding hydrogens is 228 g/mol. The third-order valence-electron chi connectivity index (χ3n) is 2.07. The summed E-state index contributed by atoms with van der Waals surface area (Å²) in [5.74, 6) is -0.428. The van der Waals surface area contributed by atoms with Gasteiger partial charge in [0.2, 0.25) is 0 Å². The molecule has 0 aliphatic heterocycles. The number of ether oxygens (including phenoxy) is 1. The largest absolute Gasteiger partial charge is 0.464 e. The van der Waals surface area contributed by atoms with Crippen LogP contribution in [0.15, 0.2) is 6.20 Å². The van der Waals surface area contributed by atoms with E-state index < -0.39 is 5.97 Å². The van der Waals surface area contributed by atoms with E-state index in [1.807, 2.05) is 6.92 Å². The second kappa shape index (κ2) is 4.01. The predicted octanol–water partition coefficient (Wildman–Crippen LogP) is 1.03. The number of esters is 1. The molecular formula is C9H10N4O2S. The fraction of sp³-hybridized carbons (Fsp3) is 0.333. The standard InChI is InChI=1S/C9H10N4O2S/c1-5-11-12-8(16-5)6-4-10-13(2)7(6)9(14)15-3/h4H,1-3H3. The van der Waals surface area contributed by atoms with Gasteiger partial charge in [-0.1, -0.05) is 11.3 Å². The molecule has 0 saturated heterocycles. The zero-order valence-electron chi connectivity index (χ0n) is 9.09. The van der Waals surface area contributed by atoms with E-state index in [1.165, 1.54) is 23.1 Å². The first-order valence-electron chi connectivity index (χ1n) is 4.54. The molecule has 0 bridgehead atoms. The van der Waals surface area contributed by atoms with Crippen molar-refractivity contribution >= 4 is 17.3 Å². The van der Waals surface area contributed by atoms with Crippen LogP contribution >= 0.6 is 11.3 Å². The van der Waals surface area contributed by atoms with Crippen LogP contribution in [0, 0.1) is 6.92 Å². The third kappa shape index (κ3) is 1.69. The van der Waals surface area contributed by atoms with Gasteiger partial charge in [-0.05, 0) is 6.92 Å². The average Bonchev–Trinajstić information content (AvgIpc) is 2.83. The lowest BCUT2D eigenvalue weighted by molar-refractivity contribution is 0.0589. The van der Waals surface area contributed by atoms with Gasteiger partial charge in [0.1, 0.15) is 5.01 Å². The molecule has 0 spiro atoms. The molecule has 2 aromatic rings. The molecule has 0 amide bonds. The van der Waals surface area contributed by atoms with E-state index in [4.69, 9.17) is 4.74 Å². The third-order valence-corrected chi connectivity index (χ3v) is 2.95. The molecule has 0 radical (unpaired) electrons. The minimum absolute atomic E-state index is 0.388. The van der Waals surface area contributed by atoms with Crippen LogP contribution in [0.2, 0.25) is 0 Å². The van der Waals surface area contributed by atoms with E-state index in [0.29, 0.717) is 16.3 Å². The number of carbonyl (C=O) groups excluding carboxylic acids is 1. The zero-order chi connectivity index (χ0) is 11.7. The number of hydrogen-bond acceptors (Lipinski definition) is 6. The highest BCUT2D eigenvalue weighted by molar-refractivity contribution is 7.14. The lowest BCUT2D eigenvalue weighted by Gasteiger charge is -2.00. The van der Waals surface area contributed by atoms with Crippen LogP contribution < -0.4 is 0 Å². The minimum Gasteiger partial charge on any atom is -0.464 e. The van der Waals surface area contributed by atoms with Crippen LogP contribution in [-0.4, -0.2) is 33.1 Å². The summed E-state index contributed by atoms with van der Waals surface area (Å²) >= 11 is 1.41. The normalized spacial score (nSPS) is 10.4. The molecule has 0 atom stereocenters. The second-order valence-electron chi connectivity index (χ2n) is 3.15. The van der Waals surface area contributed by atoms with Crippen LogP contribution in [0.5, 0.6) is 0 Å². The Morgan fingerprint density at radius 3 is 2.81 bits per heavy atom. The Bertz CT molecular complexity index is 531. The lowest BCUT2D eigenvalue weighted by atomic mass is 10.2. The van der Waals surface area contributed by atoms with Crippen molar-refractivity contribution in [2.45, 2.75) is 6.92 Å². The second-order valence-corrected chi connectivity index (χ2v) is 4.33. The number of nitrogens with zero attached hydrogens (tertiary/aromatic N) is 4. The van der Waals surface area contributed by atoms with E-state index in [1.54, 1.807) is 13.2 Å². The monoisotopic (exact) mass is 238 g/mol. The van der Waals surface area contributed by atoms with Crippen LogP contribution in [0.25, 0.3) is 10.6 Å². The summed E-state index contributed by atoms with van der Waals surface area (Å²) in [5, 5.41) is 13.4. The molecule has 84 valence electrons. The molecule has 0 N–H and O–H groups in total. The first kappa shape index (κ1) is 10.7. The van der Waals surface area contributed by atoms with Gasteiger partial charge in [0.25, 0.3) is 0 Å². The van der Waals surface area contributed by atoms with Crippen molar-refractivity contribution < 1.29 is 9.53 Å². The van der Waals surface area contributed by atoms with Gasteiger partial charge in [0.05, 0.1) is 18.9 Å². The maximum Gasteiger partial charge on any atom is 0.357 e. The quantitative estimate of drug-likeness (QED) is 0.731. The SMILES string of the molecule is COC(=O)c1c(-c2nnc(C)s2)cnn1C. The highest BCUT2D eigenvalue weighted by Gasteiger charge is 2.20. The smallest absolute Gasteiger partial charge is 0.357 e. The molecule has 0 aliphatic carbocycles. The Morgan fingerprint density at radius 1 is 1.50 bits per heavy atom. The minimum atomic E-state index is -0.428. The summed E-state index contributed by atoms with van der Waals surface area (Å²) in [7, 11) is 3.02. The van der Waals surface area contributed by atoms with Crippen LogP contribution in [0.1, 0.15) is 15.5 Å². The lowest BCUT2D eigenvalue weighted by Crippen LogP contribution is -2.09. The molecule has 7 heteroatoms. The summed E-state index contributed by atoms with van der Waals surface area (Å²) in [6.45, 7) is 1.86. The Labute approximate surface area is 95.9 Å². The average molecular weight is 238 g/mol. The Morgan fingerprint density at radius 2 is 2.25 bits per heavy atom. The molecule has 2 heterocycles. The number of aryl methyl sites for hydroxylation is 2. The van der Waals surface area contributed by atoms with Crippen molar-refractivity contribution in [2.24, 2.45) is 7.05 Å². The molecule has 16 heavy (non-hydrogen) atoms. The highest BCUT2D eigenvalue weighted by atomic mass is 32.1. The molecule has 0 unspecified atom stereocenters. The van der Waals surface area contributed by atoms with Gasteiger partial charge in [0.15, 0.2) is 10.7 Å². The van der Waals surface area contributed by atoms with Crippen molar-refractivity contribution in [3.8, 4) is 10.6 Å². The first-order valence-corrected chi connectivity index (χ1v) is 5.36. The molecule has 0 aromatic carbocycles. The maximum absolute atomic E-state index is 11.6. The molecule has 2 rings (SSSR count). The van der Waals surface area contributed by atoms with Crippen LogP contribution in [0.4, 0.5) is 0 Å². The fourth-order valence-electron chi connectivity index (χ4n) is 1.34. The summed E-state index contributed by atoms with van der Waals surface area (Å²) in [4.78, 5) is 11.6. The molecule has 0 fully saturated rings. The van der Waals surface area contributed by atoms with Crippen LogP contribution in [-0.2, 0) is 11.8 Å². The van der Waals surface area contributed by atoms with Gasteiger partial charge in [0, 0.05) is 7.05 Å². The maximum atomic E-state index is 11.6. The molecule has 0 aliphatic rings. The van der Waals surface area contributed by atoms with E-state index in [2.05, 4.69) is 15.3 Å². The number of methoxy groups -OCH3 is 1. The van der Waals surface area contributed by atoms with Crippen molar-refractivity contribution in [3.63, 3.8) is 0 Å². The fourth-order valence-corrected chi connectivity index (χ4v) is 2.04. The van der Waals surface area contributed by atoms with Gasteiger partial charge in [-0.2, -0.15) is 5.10 Å².